The van der Waals surface area contributed by atoms with Gasteiger partial charge in [0.2, 0.25) is 0 Å². The van der Waals surface area contributed by atoms with Gasteiger partial charge in [-0.1, -0.05) is 6.92 Å². The minimum Gasteiger partial charge on any atom is -0.376 e. The Morgan fingerprint density at radius 3 is 2.77 bits per heavy atom. The third-order valence-electron chi connectivity index (χ3n) is 2.42. The molecule has 4 heteroatoms. The molecule has 0 saturated carbocycles. The van der Waals surface area contributed by atoms with Crippen LogP contribution >= 0.6 is 0 Å². The molecule has 1 saturated heterocycles. The summed E-state index contributed by atoms with van der Waals surface area (Å²) in [6.45, 7) is 5.02. The van der Waals surface area contributed by atoms with Crippen molar-refractivity contribution in [3.05, 3.63) is 0 Å². The number of rotatable bonds is 3. The number of halogens is 2. The van der Waals surface area contributed by atoms with Crippen molar-refractivity contribution in [3.8, 4) is 0 Å². The van der Waals surface area contributed by atoms with E-state index in [-0.39, 0.29) is 18.7 Å². The van der Waals surface area contributed by atoms with Gasteiger partial charge < -0.3 is 4.74 Å². The predicted molar refractivity (Wildman–Crippen MR) is 47.1 cm³/mol. The normalized spacial score (nSPS) is 31.2. The third-order valence-corrected chi connectivity index (χ3v) is 2.42. The zero-order valence-electron chi connectivity index (χ0n) is 8.17. The fourth-order valence-corrected chi connectivity index (χ4v) is 1.69. The molecule has 13 heavy (non-hydrogen) atoms. The van der Waals surface area contributed by atoms with Crippen molar-refractivity contribution in [3.63, 3.8) is 0 Å². The van der Waals surface area contributed by atoms with E-state index >= 15 is 0 Å². The summed E-state index contributed by atoms with van der Waals surface area (Å²) < 4.78 is 29.8. The molecule has 78 valence electrons. The Bertz CT molecular complexity index is 153. The van der Waals surface area contributed by atoms with E-state index in [2.05, 4.69) is 0 Å². The number of hydrogen-bond acceptors (Lipinski definition) is 2. The van der Waals surface area contributed by atoms with Gasteiger partial charge in [0, 0.05) is 12.6 Å². The van der Waals surface area contributed by atoms with E-state index < -0.39 is 6.43 Å². The average Bonchev–Trinajstić information content (AvgIpc) is 2.03. The first kappa shape index (κ1) is 10.9. The zero-order valence-corrected chi connectivity index (χ0v) is 8.17. The van der Waals surface area contributed by atoms with Crippen molar-refractivity contribution >= 4 is 0 Å². The lowest BCUT2D eigenvalue weighted by Gasteiger charge is -2.37. The highest BCUT2D eigenvalue weighted by Crippen LogP contribution is 2.15. The van der Waals surface area contributed by atoms with E-state index in [0.717, 1.165) is 6.42 Å². The van der Waals surface area contributed by atoms with Crippen LogP contribution in [0.4, 0.5) is 8.78 Å². The first-order valence-electron chi connectivity index (χ1n) is 4.77. The molecule has 0 aromatic carbocycles. The lowest BCUT2D eigenvalue weighted by molar-refractivity contribution is -0.0716. The van der Waals surface area contributed by atoms with Crippen LogP contribution in [0, 0.1) is 0 Å². The molecule has 0 aliphatic carbocycles. The van der Waals surface area contributed by atoms with Crippen molar-refractivity contribution in [2.24, 2.45) is 0 Å². The zero-order chi connectivity index (χ0) is 9.84. The fraction of sp³-hybridized carbons (Fsp3) is 1.00. The smallest absolute Gasteiger partial charge is 0.251 e. The monoisotopic (exact) mass is 193 g/mol. The highest BCUT2D eigenvalue weighted by Gasteiger charge is 2.27. The standard InChI is InChI=1S/C9H17F2NO/c1-3-8-6-13-7(2)4-12(8)5-9(10)11/h7-9H,3-6H2,1-2H3. The quantitative estimate of drug-likeness (QED) is 0.677. The molecule has 0 aromatic rings. The number of alkyl halides is 2. The second-order valence-electron chi connectivity index (χ2n) is 3.55. The van der Waals surface area contributed by atoms with Crippen LogP contribution < -0.4 is 0 Å². The summed E-state index contributed by atoms with van der Waals surface area (Å²) in [5, 5.41) is 0. The third kappa shape index (κ3) is 3.19. The van der Waals surface area contributed by atoms with Crippen LogP contribution in [0.15, 0.2) is 0 Å². The van der Waals surface area contributed by atoms with Crippen LogP contribution in [0.2, 0.25) is 0 Å². The van der Waals surface area contributed by atoms with Crippen molar-refractivity contribution in [1.82, 2.24) is 4.90 Å². The summed E-state index contributed by atoms with van der Waals surface area (Å²) in [4.78, 5) is 1.83. The lowest BCUT2D eigenvalue weighted by atomic mass is 10.1. The summed E-state index contributed by atoms with van der Waals surface area (Å²) in [7, 11) is 0. The van der Waals surface area contributed by atoms with Gasteiger partial charge in [-0.15, -0.1) is 0 Å². The maximum atomic E-state index is 12.2. The van der Waals surface area contributed by atoms with Crippen LogP contribution in [0.3, 0.4) is 0 Å². The van der Waals surface area contributed by atoms with Gasteiger partial charge in [0.15, 0.2) is 0 Å². The largest absolute Gasteiger partial charge is 0.376 e. The summed E-state index contributed by atoms with van der Waals surface area (Å²) >= 11 is 0. The topological polar surface area (TPSA) is 12.5 Å². The van der Waals surface area contributed by atoms with Crippen molar-refractivity contribution in [1.29, 1.82) is 0 Å². The summed E-state index contributed by atoms with van der Waals surface area (Å²) in [6.07, 6.45) is -1.28. The van der Waals surface area contributed by atoms with E-state index in [4.69, 9.17) is 4.74 Å². The van der Waals surface area contributed by atoms with Crippen molar-refractivity contribution in [2.75, 3.05) is 19.7 Å². The van der Waals surface area contributed by atoms with Crippen LogP contribution in [-0.2, 0) is 4.74 Å². The first-order chi connectivity index (χ1) is 6.13. The second kappa shape index (κ2) is 4.86. The number of ether oxygens (including phenoxy) is 1. The van der Waals surface area contributed by atoms with Gasteiger partial charge >= 0.3 is 0 Å². The Labute approximate surface area is 77.9 Å². The predicted octanol–water partition coefficient (Wildman–Crippen LogP) is 1.75. The number of morpholine rings is 1. The lowest BCUT2D eigenvalue weighted by Crippen LogP contribution is -2.50. The molecule has 1 aliphatic heterocycles. The Morgan fingerprint density at radius 2 is 2.23 bits per heavy atom. The average molecular weight is 193 g/mol. The van der Waals surface area contributed by atoms with Gasteiger partial charge in [-0.3, -0.25) is 4.90 Å². The molecule has 0 spiro atoms. The van der Waals surface area contributed by atoms with Gasteiger partial charge in [-0.05, 0) is 13.3 Å². The van der Waals surface area contributed by atoms with Gasteiger partial charge in [0.1, 0.15) is 0 Å². The van der Waals surface area contributed by atoms with E-state index in [9.17, 15) is 8.78 Å². The maximum absolute atomic E-state index is 12.2. The highest BCUT2D eigenvalue weighted by atomic mass is 19.3. The van der Waals surface area contributed by atoms with Crippen molar-refractivity contribution in [2.45, 2.75) is 38.8 Å². The Morgan fingerprint density at radius 1 is 1.54 bits per heavy atom. The molecular weight excluding hydrogens is 176 g/mol. The van der Waals surface area contributed by atoms with Gasteiger partial charge in [0.05, 0.1) is 19.3 Å². The minimum atomic E-state index is -2.24. The maximum Gasteiger partial charge on any atom is 0.251 e. The van der Waals surface area contributed by atoms with E-state index in [0.29, 0.717) is 13.2 Å². The Balaban J connectivity index is 2.44. The van der Waals surface area contributed by atoms with Crippen LogP contribution in [0.25, 0.3) is 0 Å². The molecule has 0 N–H and O–H groups in total. The van der Waals surface area contributed by atoms with E-state index in [1.807, 2.05) is 18.7 Å². The van der Waals surface area contributed by atoms with Gasteiger partial charge in [-0.2, -0.15) is 0 Å². The molecule has 2 atom stereocenters. The van der Waals surface area contributed by atoms with Gasteiger partial charge in [-0.25, -0.2) is 8.78 Å². The molecule has 0 radical (unpaired) electrons. The molecule has 1 heterocycles. The molecule has 2 unspecified atom stereocenters. The number of nitrogens with zero attached hydrogens (tertiary/aromatic N) is 1. The molecule has 1 aliphatic rings. The minimum absolute atomic E-state index is 0.0848. The fourth-order valence-electron chi connectivity index (χ4n) is 1.69. The molecule has 0 bridgehead atoms. The van der Waals surface area contributed by atoms with Crippen LogP contribution in [-0.4, -0.2) is 43.2 Å². The van der Waals surface area contributed by atoms with E-state index in [1.165, 1.54) is 0 Å². The Hall–Kier alpha value is -0.220. The van der Waals surface area contributed by atoms with Gasteiger partial charge in [0.25, 0.3) is 6.43 Å². The van der Waals surface area contributed by atoms with Crippen LogP contribution in [0.5, 0.6) is 0 Å². The molecule has 0 aromatic heterocycles. The summed E-state index contributed by atoms with van der Waals surface area (Å²) in [6, 6.07) is 0.171. The Kier molecular flexibility index (Phi) is 4.06. The molecule has 2 nitrogen and oxygen atoms in total. The first-order valence-corrected chi connectivity index (χ1v) is 4.77. The summed E-state index contributed by atoms with van der Waals surface area (Å²) in [5.41, 5.74) is 0. The summed E-state index contributed by atoms with van der Waals surface area (Å²) in [5.74, 6) is 0. The number of hydrogen-bond donors (Lipinski definition) is 0. The molecule has 0 amide bonds. The molecule has 1 fully saturated rings. The second-order valence-corrected chi connectivity index (χ2v) is 3.55. The SMILES string of the molecule is CCC1COC(C)CN1CC(F)F. The van der Waals surface area contributed by atoms with Crippen molar-refractivity contribution < 1.29 is 13.5 Å². The van der Waals surface area contributed by atoms with E-state index in [1.54, 1.807) is 0 Å². The highest BCUT2D eigenvalue weighted by molar-refractivity contribution is 4.77. The molecular formula is C9H17F2NO. The van der Waals surface area contributed by atoms with Crippen LogP contribution in [0.1, 0.15) is 20.3 Å². The molecule has 1 rings (SSSR count).